The quantitative estimate of drug-likeness (QED) is 0.768. The third-order valence-corrected chi connectivity index (χ3v) is 5.78. The summed E-state index contributed by atoms with van der Waals surface area (Å²) in [7, 11) is 0. The average molecular weight is 424 g/mol. The highest BCUT2D eigenvalue weighted by molar-refractivity contribution is 6.01. The van der Waals surface area contributed by atoms with Crippen LogP contribution in [0.3, 0.4) is 0 Å². The standard InChI is InChI=1S/C23H29N5O3/c1-16(2)22(29)27-12-9-20(10-13-27)31-19-7-5-18(6-8-19)28(21-4-3-11-25-26-21)23(30)17-14-24-15-17/h3-8,11,16-17,20,24H,9-10,12-15H2,1-2H3. The normalized spacial score (nSPS) is 17.3. The van der Waals surface area contributed by atoms with Crippen molar-refractivity contribution in [2.75, 3.05) is 31.1 Å². The molecule has 164 valence electrons. The minimum absolute atomic E-state index is 0.00936. The maximum absolute atomic E-state index is 13.0. The van der Waals surface area contributed by atoms with E-state index in [-0.39, 0.29) is 29.8 Å². The average Bonchev–Trinajstić information content (AvgIpc) is 2.75. The van der Waals surface area contributed by atoms with Gasteiger partial charge in [-0.15, -0.1) is 5.10 Å². The molecule has 2 saturated heterocycles. The number of likely N-dealkylation sites (tertiary alicyclic amines) is 1. The molecule has 0 saturated carbocycles. The Balaban J connectivity index is 1.42. The van der Waals surface area contributed by atoms with Gasteiger partial charge in [-0.2, -0.15) is 5.10 Å². The van der Waals surface area contributed by atoms with Gasteiger partial charge in [0.2, 0.25) is 11.8 Å². The number of anilines is 2. The minimum atomic E-state index is -0.0586. The zero-order valence-electron chi connectivity index (χ0n) is 18.0. The largest absolute Gasteiger partial charge is 0.490 e. The van der Waals surface area contributed by atoms with Crippen molar-refractivity contribution in [2.24, 2.45) is 11.8 Å². The molecule has 0 aliphatic carbocycles. The molecule has 1 aromatic heterocycles. The molecule has 8 heteroatoms. The lowest BCUT2D eigenvalue weighted by Gasteiger charge is -2.33. The van der Waals surface area contributed by atoms with Gasteiger partial charge in [-0.05, 0) is 36.4 Å². The SMILES string of the molecule is CC(C)C(=O)N1CCC(Oc2ccc(N(C(=O)C3CNC3)c3cccnn3)cc2)CC1. The molecule has 1 N–H and O–H groups in total. The number of hydrogen-bond donors (Lipinski definition) is 1. The Morgan fingerprint density at radius 1 is 1.13 bits per heavy atom. The van der Waals surface area contributed by atoms with Crippen LogP contribution in [0.5, 0.6) is 5.75 Å². The van der Waals surface area contributed by atoms with Crippen LogP contribution in [-0.2, 0) is 9.59 Å². The summed E-state index contributed by atoms with van der Waals surface area (Å²) >= 11 is 0. The van der Waals surface area contributed by atoms with Gasteiger partial charge in [0.15, 0.2) is 5.82 Å². The van der Waals surface area contributed by atoms with Gasteiger partial charge in [-0.3, -0.25) is 14.5 Å². The fourth-order valence-corrected chi connectivity index (χ4v) is 3.86. The smallest absolute Gasteiger partial charge is 0.238 e. The summed E-state index contributed by atoms with van der Waals surface area (Å²) in [5, 5.41) is 11.2. The molecule has 0 unspecified atom stereocenters. The fourth-order valence-electron chi connectivity index (χ4n) is 3.86. The van der Waals surface area contributed by atoms with Gasteiger partial charge in [-0.25, -0.2) is 0 Å². The Labute approximate surface area is 182 Å². The number of ether oxygens (including phenoxy) is 1. The third kappa shape index (κ3) is 4.85. The van der Waals surface area contributed by atoms with Crippen LogP contribution in [0.1, 0.15) is 26.7 Å². The summed E-state index contributed by atoms with van der Waals surface area (Å²) in [5.74, 6) is 1.45. The number of rotatable bonds is 6. The van der Waals surface area contributed by atoms with Gasteiger partial charge >= 0.3 is 0 Å². The maximum Gasteiger partial charge on any atom is 0.238 e. The molecular formula is C23H29N5O3. The number of carbonyl (C=O) groups excluding carboxylic acids is 2. The van der Waals surface area contributed by atoms with E-state index in [0.717, 1.165) is 37.4 Å². The van der Waals surface area contributed by atoms with E-state index < -0.39 is 0 Å². The van der Waals surface area contributed by atoms with Gasteiger partial charge in [0.05, 0.1) is 11.6 Å². The zero-order valence-corrected chi connectivity index (χ0v) is 18.0. The number of carbonyl (C=O) groups is 2. The van der Waals surface area contributed by atoms with Gasteiger partial charge < -0.3 is 15.0 Å². The van der Waals surface area contributed by atoms with Crippen LogP contribution < -0.4 is 15.0 Å². The van der Waals surface area contributed by atoms with E-state index in [2.05, 4.69) is 15.5 Å². The molecule has 0 radical (unpaired) electrons. The Hall–Kier alpha value is -3.00. The highest BCUT2D eigenvalue weighted by atomic mass is 16.5. The molecule has 3 heterocycles. The van der Waals surface area contributed by atoms with E-state index in [4.69, 9.17) is 4.74 Å². The van der Waals surface area contributed by atoms with E-state index >= 15 is 0 Å². The number of nitrogens with zero attached hydrogens (tertiary/aromatic N) is 4. The second-order valence-electron chi connectivity index (χ2n) is 8.40. The molecule has 2 aliphatic heterocycles. The molecule has 0 spiro atoms. The van der Waals surface area contributed by atoms with Crippen LogP contribution in [0.2, 0.25) is 0 Å². The molecule has 2 amide bonds. The number of nitrogens with one attached hydrogen (secondary N) is 1. The van der Waals surface area contributed by atoms with Crippen molar-refractivity contribution in [2.45, 2.75) is 32.8 Å². The van der Waals surface area contributed by atoms with E-state index in [1.165, 1.54) is 0 Å². The lowest BCUT2D eigenvalue weighted by atomic mass is 10.0. The lowest BCUT2D eigenvalue weighted by Crippen LogP contribution is -2.51. The summed E-state index contributed by atoms with van der Waals surface area (Å²) < 4.78 is 6.15. The summed E-state index contributed by atoms with van der Waals surface area (Å²) in [4.78, 5) is 28.7. The Morgan fingerprint density at radius 3 is 2.39 bits per heavy atom. The molecule has 2 aliphatic rings. The van der Waals surface area contributed by atoms with E-state index in [1.807, 2.05) is 43.0 Å². The number of piperidine rings is 1. The molecule has 2 aromatic rings. The van der Waals surface area contributed by atoms with Crippen LogP contribution in [-0.4, -0.2) is 59.2 Å². The highest BCUT2D eigenvalue weighted by Crippen LogP contribution is 2.29. The van der Waals surface area contributed by atoms with E-state index in [1.54, 1.807) is 23.2 Å². The Kier molecular flexibility index (Phi) is 6.46. The highest BCUT2D eigenvalue weighted by Gasteiger charge is 2.32. The van der Waals surface area contributed by atoms with E-state index in [9.17, 15) is 9.59 Å². The molecule has 8 nitrogen and oxygen atoms in total. The summed E-state index contributed by atoms with van der Waals surface area (Å²) in [5.41, 5.74) is 0.738. The van der Waals surface area contributed by atoms with Crippen LogP contribution >= 0.6 is 0 Å². The Bertz CT molecular complexity index is 891. The van der Waals surface area contributed by atoms with Crippen molar-refractivity contribution in [3.05, 3.63) is 42.6 Å². The molecule has 4 rings (SSSR count). The van der Waals surface area contributed by atoms with Gasteiger partial charge in [0, 0.05) is 51.1 Å². The predicted octanol–water partition coefficient (Wildman–Crippen LogP) is 2.39. The third-order valence-electron chi connectivity index (χ3n) is 5.78. The zero-order chi connectivity index (χ0) is 21.8. The molecule has 0 atom stereocenters. The number of hydrogen-bond acceptors (Lipinski definition) is 6. The topological polar surface area (TPSA) is 87.7 Å². The molecule has 2 fully saturated rings. The predicted molar refractivity (Wildman–Crippen MR) is 117 cm³/mol. The van der Waals surface area contributed by atoms with Crippen LogP contribution in [0.4, 0.5) is 11.5 Å². The fraction of sp³-hybridized carbons (Fsp3) is 0.478. The van der Waals surface area contributed by atoms with Crippen molar-refractivity contribution in [3.63, 3.8) is 0 Å². The van der Waals surface area contributed by atoms with E-state index in [0.29, 0.717) is 18.9 Å². The first-order valence-electron chi connectivity index (χ1n) is 10.9. The first-order chi connectivity index (χ1) is 15.0. The van der Waals surface area contributed by atoms with Gasteiger partial charge in [0.25, 0.3) is 0 Å². The summed E-state index contributed by atoms with van der Waals surface area (Å²) in [6.45, 7) is 6.67. The molecule has 1 aromatic carbocycles. The minimum Gasteiger partial charge on any atom is -0.490 e. The lowest BCUT2D eigenvalue weighted by molar-refractivity contribution is -0.136. The second-order valence-corrected chi connectivity index (χ2v) is 8.40. The van der Waals surface area contributed by atoms with Crippen molar-refractivity contribution in [3.8, 4) is 5.75 Å². The molecule has 0 bridgehead atoms. The Morgan fingerprint density at radius 2 is 1.84 bits per heavy atom. The van der Waals surface area contributed by atoms with Gasteiger partial charge in [0.1, 0.15) is 11.9 Å². The van der Waals surface area contributed by atoms with Crippen LogP contribution in [0, 0.1) is 11.8 Å². The number of benzene rings is 1. The summed E-state index contributed by atoms with van der Waals surface area (Å²) in [6, 6.07) is 11.1. The maximum atomic E-state index is 13.0. The number of aromatic nitrogens is 2. The monoisotopic (exact) mass is 423 g/mol. The van der Waals surface area contributed by atoms with Crippen molar-refractivity contribution < 1.29 is 14.3 Å². The molecular weight excluding hydrogens is 394 g/mol. The first-order valence-corrected chi connectivity index (χ1v) is 10.9. The van der Waals surface area contributed by atoms with Crippen molar-refractivity contribution in [1.82, 2.24) is 20.4 Å². The first kappa shape index (κ1) is 21.2. The van der Waals surface area contributed by atoms with Crippen LogP contribution in [0.15, 0.2) is 42.6 Å². The summed E-state index contributed by atoms with van der Waals surface area (Å²) in [6.07, 6.45) is 3.31. The number of amides is 2. The van der Waals surface area contributed by atoms with Crippen LogP contribution in [0.25, 0.3) is 0 Å². The second kappa shape index (κ2) is 9.43. The van der Waals surface area contributed by atoms with Crippen molar-refractivity contribution >= 4 is 23.3 Å². The molecule has 31 heavy (non-hydrogen) atoms. The van der Waals surface area contributed by atoms with Crippen molar-refractivity contribution in [1.29, 1.82) is 0 Å². The van der Waals surface area contributed by atoms with Gasteiger partial charge in [-0.1, -0.05) is 13.8 Å².